The van der Waals surface area contributed by atoms with Crippen LogP contribution < -0.4 is 15.8 Å². The van der Waals surface area contributed by atoms with E-state index in [0.717, 1.165) is 40.7 Å². The molecule has 1 aliphatic carbocycles. The van der Waals surface area contributed by atoms with Crippen LogP contribution in [0.3, 0.4) is 0 Å². The molecule has 0 atom stereocenters. The SMILES string of the molecule is COc1cc(Cl)ccc1C(=O)NCc1ccc(-c2nn(C3CCCC3)c3ncnc(N)c23)cc1. The van der Waals surface area contributed by atoms with Gasteiger partial charge in [0.25, 0.3) is 5.91 Å². The van der Waals surface area contributed by atoms with Crippen molar-refractivity contribution in [3.05, 3.63) is 64.9 Å². The summed E-state index contributed by atoms with van der Waals surface area (Å²) in [6, 6.07) is 13.2. The van der Waals surface area contributed by atoms with Gasteiger partial charge in [-0.3, -0.25) is 4.79 Å². The lowest BCUT2D eigenvalue weighted by atomic mass is 10.1. The van der Waals surface area contributed by atoms with Gasteiger partial charge in [0.05, 0.1) is 24.1 Å². The third kappa shape index (κ3) is 4.17. The molecule has 0 aliphatic heterocycles. The van der Waals surface area contributed by atoms with Gasteiger partial charge in [0.1, 0.15) is 23.6 Å². The van der Waals surface area contributed by atoms with Gasteiger partial charge in [0, 0.05) is 17.1 Å². The van der Waals surface area contributed by atoms with E-state index in [0.29, 0.717) is 34.7 Å². The predicted octanol–water partition coefficient (Wildman–Crippen LogP) is 4.78. The maximum absolute atomic E-state index is 12.6. The van der Waals surface area contributed by atoms with Crippen LogP contribution in [0.2, 0.25) is 5.02 Å². The van der Waals surface area contributed by atoms with Gasteiger partial charge in [-0.25, -0.2) is 14.6 Å². The van der Waals surface area contributed by atoms with Crippen LogP contribution in [0.15, 0.2) is 48.8 Å². The van der Waals surface area contributed by atoms with Gasteiger partial charge in [-0.05, 0) is 36.6 Å². The monoisotopic (exact) mass is 476 g/mol. The topological polar surface area (TPSA) is 108 Å². The molecular weight excluding hydrogens is 452 g/mol. The zero-order chi connectivity index (χ0) is 23.7. The van der Waals surface area contributed by atoms with Crippen LogP contribution in [-0.4, -0.2) is 32.8 Å². The molecule has 0 saturated heterocycles. The fourth-order valence-corrected chi connectivity index (χ4v) is 4.67. The van der Waals surface area contributed by atoms with Crippen molar-refractivity contribution >= 4 is 34.4 Å². The largest absolute Gasteiger partial charge is 0.496 e. The van der Waals surface area contributed by atoms with E-state index in [1.54, 1.807) is 18.2 Å². The first-order chi connectivity index (χ1) is 16.5. The molecule has 8 nitrogen and oxygen atoms in total. The quantitative estimate of drug-likeness (QED) is 0.414. The fourth-order valence-electron chi connectivity index (χ4n) is 4.51. The van der Waals surface area contributed by atoms with Crippen LogP contribution in [0.5, 0.6) is 5.75 Å². The van der Waals surface area contributed by atoms with Crippen LogP contribution in [0, 0.1) is 0 Å². The van der Waals surface area contributed by atoms with Crippen molar-refractivity contribution in [1.82, 2.24) is 25.1 Å². The van der Waals surface area contributed by atoms with Gasteiger partial charge in [0.15, 0.2) is 5.65 Å². The van der Waals surface area contributed by atoms with Crippen LogP contribution in [0.4, 0.5) is 5.82 Å². The fraction of sp³-hybridized carbons (Fsp3) is 0.280. The summed E-state index contributed by atoms with van der Waals surface area (Å²) in [5.41, 5.74) is 10.1. The molecule has 2 aromatic heterocycles. The Morgan fingerprint density at radius 3 is 2.68 bits per heavy atom. The molecule has 0 radical (unpaired) electrons. The minimum atomic E-state index is -0.233. The molecule has 174 valence electrons. The normalized spacial score (nSPS) is 13.9. The number of anilines is 1. The van der Waals surface area contributed by atoms with E-state index in [-0.39, 0.29) is 5.91 Å². The number of hydrogen-bond donors (Lipinski definition) is 2. The van der Waals surface area contributed by atoms with Crippen molar-refractivity contribution in [2.24, 2.45) is 0 Å². The number of carbonyl (C=O) groups is 1. The second-order valence-electron chi connectivity index (χ2n) is 8.41. The molecule has 1 aliphatic rings. The number of nitrogen functional groups attached to an aromatic ring is 1. The van der Waals surface area contributed by atoms with Crippen LogP contribution in [0.25, 0.3) is 22.3 Å². The second kappa shape index (κ2) is 9.30. The van der Waals surface area contributed by atoms with E-state index >= 15 is 0 Å². The smallest absolute Gasteiger partial charge is 0.255 e. The molecule has 3 N–H and O–H groups in total. The highest BCUT2D eigenvalue weighted by Crippen LogP contribution is 2.36. The zero-order valence-corrected chi connectivity index (χ0v) is 19.5. The van der Waals surface area contributed by atoms with Gasteiger partial charge in [-0.15, -0.1) is 0 Å². The average molecular weight is 477 g/mol. The predicted molar refractivity (Wildman–Crippen MR) is 132 cm³/mol. The Hall–Kier alpha value is -3.65. The van der Waals surface area contributed by atoms with E-state index in [4.69, 9.17) is 27.2 Å². The number of halogens is 1. The van der Waals surface area contributed by atoms with Gasteiger partial charge < -0.3 is 15.8 Å². The van der Waals surface area contributed by atoms with Crippen molar-refractivity contribution in [2.75, 3.05) is 12.8 Å². The summed E-state index contributed by atoms with van der Waals surface area (Å²) >= 11 is 5.99. The Morgan fingerprint density at radius 2 is 1.94 bits per heavy atom. The second-order valence-corrected chi connectivity index (χ2v) is 8.85. The standard InChI is InChI=1S/C25H25ClN6O2/c1-34-20-12-17(26)10-11-19(20)25(33)28-13-15-6-8-16(9-7-15)22-21-23(27)29-14-30-24(21)32(31-22)18-4-2-3-5-18/h6-12,14,18H,2-5,13H2,1H3,(H,28,33)(H2,27,29,30). The highest BCUT2D eigenvalue weighted by Gasteiger charge is 2.24. The molecule has 4 aromatic rings. The number of hydrogen-bond acceptors (Lipinski definition) is 6. The molecule has 9 heteroatoms. The maximum atomic E-state index is 12.6. The number of methoxy groups -OCH3 is 1. The first kappa shape index (κ1) is 22.2. The summed E-state index contributed by atoms with van der Waals surface area (Å²) in [7, 11) is 1.51. The van der Waals surface area contributed by atoms with E-state index < -0.39 is 0 Å². The lowest BCUT2D eigenvalue weighted by Crippen LogP contribution is -2.23. The number of ether oxygens (including phenoxy) is 1. The summed E-state index contributed by atoms with van der Waals surface area (Å²) < 4.78 is 7.29. The Balaban J connectivity index is 1.37. The Morgan fingerprint density at radius 1 is 1.18 bits per heavy atom. The number of amides is 1. The molecule has 0 spiro atoms. The summed E-state index contributed by atoms with van der Waals surface area (Å²) in [6.45, 7) is 0.368. The van der Waals surface area contributed by atoms with Crippen molar-refractivity contribution in [3.63, 3.8) is 0 Å². The van der Waals surface area contributed by atoms with Crippen molar-refractivity contribution in [1.29, 1.82) is 0 Å². The number of fused-ring (bicyclic) bond motifs is 1. The molecule has 1 amide bonds. The number of benzene rings is 2. The van der Waals surface area contributed by atoms with Crippen molar-refractivity contribution in [2.45, 2.75) is 38.3 Å². The average Bonchev–Trinajstić information content (AvgIpc) is 3.51. The number of carbonyl (C=O) groups excluding carboxylic acids is 1. The first-order valence-electron chi connectivity index (χ1n) is 11.2. The minimum Gasteiger partial charge on any atom is -0.496 e. The molecule has 2 aromatic carbocycles. The summed E-state index contributed by atoms with van der Waals surface area (Å²) in [5.74, 6) is 0.631. The Labute approximate surface area is 202 Å². The lowest BCUT2D eigenvalue weighted by molar-refractivity contribution is 0.0948. The molecule has 34 heavy (non-hydrogen) atoms. The van der Waals surface area contributed by atoms with Crippen LogP contribution in [0.1, 0.15) is 47.6 Å². The van der Waals surface area contributed by atoms with Gasteiger partial charge in [0.2, 0.25) is 0 Å². The van der Waals surface area contributed by atoms with Gasteiger partial charge in [-0.1, -0.05) is 48.7 Å². The maximum Gasteiger partial charge on any atom is 0.255 e. The highest BCUT2D eigenvalue weighted by atomic mass is 35.5. The number of rotatable bonds is 6. The highest BCUT2D eigenvalue weighted by molar-refractivity contribution is 6.30. The molecule has 0 bridgehead atoms. The van der Waals surface area contributed by atoms with E-state index in [1.165, 1.54) is 26.3 Å². The van der Waals surface area contributed by atoms with E-state index in [1.807, 2.05) is 28.9 Å². The number of nitrogens with two attached hydrogens (primary N) is 1. The van der Waals surface area contributed by atoms with Crippen LogP contribution >= 0.6 is 11.6 Å². The van der Waals surface area contributed by atoms with Crippen LogP contribution in [-0.2, 0) is 6.54 Å². The zero-order valence-electron chi connectivity index (χ0n) is 18.8. The first-order valence-corrected chi connectivity index (χ1v) is 11.6. The number of nitrogens with zero attached hydrogens (tertiary/aromatic N) is 4. The molecule has 5 rings (SSSR count). The van der Waals surface area contributed by atoms with E-state index in [9.17, 15) is 4.79 Å². The Kier molecular flexibility index (Phi) is 6.06. The van der Waals surface area contributed by atoms with Gasteiger partial charge >= 0.3 is 0 Å². The lowest BCUT2D eigenvalue weighted by Gasteiger charge is -2.10. The molecule has 1 fully saturated rings. The number of aromatic nitrogens is 4. The van der Waals surface area contributed by atoms with Crippen molar-refractivity contribution < 1.29 is 9.53 Å². The minimum absolute atomic E-state index is 0.233. The number of nitrogens with one attached hydrogen (secondary N) is 1. The summed E-state index contributed by atoms with van der Waals surface area (Å²) in [6.07, 6.45) is 6.08. The van der Waals surface area contributed by atoms with Crippen molar-refractivity contribution in [3.8, 4) is 17.0 Å². The summed E-state index contributed by atoms with van der Waals surface area (Å²) in [4.78, 5) is 21.3. The molecule has 1 saturated carbocycles. The van der Waals surface area contributed by atoms with E-state index in [2.05, 4.69) is 15.3 Å². The molecule has 2 heterocycles. The third-order valence-electron chi connectivity index (χ3n) is 6.28. The molecule has 0 unspecified atom stereocenters. The third-order valence-corrected chi connectivity index (χ3v) is 6.51. The van der Waals surface area contributed by atoms with Gasteiger partial charge in [-0.2, -0.15) is 5.10 Å². The molecular formula is C25H25ClN6O2. The Bertz CT molecular complexity index is 1350. The summed E-state index contributed by atoms with van der Waals surface area (Å²) in [5, 5.41) is 9.13.